The van der Waals surface area contributed by atoms with E-state index in [9.17, 15) is 19.4 Å². The number of carbonyl (C=O) groups is 1. The molecule has 3 atom stereocenters. The van der Waals surface area contributed by atoms with Gasteiger partial charge in [-0.25, -0.2) is 4.57 Å². The SMILES string of the molecule is CC/C=C/CC/C=C/CC/C=C/C(O)C(COP(=O)(O)OCC[N+](C)(C)C)NC(=O)CCC/C=C\CCCCCC. The van der Waals surface area contributed by atoms with E-state index in [0.717, 1.165) is 44.9 Å². The summed E-state index contributed by atoms with van der Waals surface area (Å²) in [6.45, 7) is 4.54. The van der Waals surface area contributed by atoms with Crippen molar-refractivity contribution in [2.75, 3.05) is 40.9 Å². The van der Waals surface area contributed by atoms with Crippen LogP contribution in [-0.4, -0.2) is 73.4 Å². The molecular formula is C32H60N2O6P+. The van der Waals surface area contributed by atoms with Crippen LogP contribution in [0.4, 0.5) is 0 Å². The Kier molecular flexibility index (Phi) is 24.1. The molecule has 8 nitrogen and oxygen atoms in total. The van der Waals surface area contributed by atoms with Gasteiger partial charge in [-0.15, -0.1) is 0 Å². The number of amides is 1. The average molecular weight is 600 g/mol. The summed E-state index contributed by atoms with van der Waals surface area (Å²) in [6.07, 6.45) is 27.7. The Hall–Kier alpha value is -1.54. The number of nitrogens with zero attached hydrogens (tertiary/aromatic N) is 1. The molecule has 0 saturated heterocycles. The van der Waals surface area contributed by atoms with Gasteiger partial charge in [0.2, 0.25) is 5.91 Å². The Balaban J connectivity index is 4.82. The second-order valence-electron chi connectivity index (χ2n) is 11.4. The highest BCUT2D eigenvalue weighted by Gasteiger charge is 2.27. The van der Waals surface area contributed by atoms with Gasteiger partial charge in [-0.05, 0) is 57.8 Å². The molecule has 0 aliphatic rings. The average Bonchev–Trinajstić information content (AvgIpc) is 2.90. The predicted molar refractivity (Wildman–Crippen MR) is 170 cm³/mol. The maximum Gasteiger partial charge on any atom is 0.472 e. The lowest BCUT2D eigenvalue weighted by Gasteiger charge is -2.25. The molecule has 3 unspecified atom stereocenters. The summed E-state index contributed by atoms with van der Waals surface area (Å²) in [5.74, 6) is -0.235. The van der Waals surface area contributed by atoms with Crippen molar-refractivity contribution in [3.63, 3.8) is 0 Å². The quantitative estimate of drug-likeness (QED) is 0.0428. The summed E-state index contributed by atoms with van der Waals surface area (Å²) in [6, 6.07) is -0.878. The van der Waals surface area contributed by atoms with Gasteiger partial charge in [-0.2, -0.15) is 0 Å². The second kappa shape index (κ2) is 25.0. The maximum absolute atomic E-state index is 12.6. The van der Waals surface area contributed by atoms with E-state index >= 15 is 0 Å². The number of aliphatic hydroxyl groups is 1. The molecule has 1 amide bonds. The normalized spacial score (nSPS) is 15.8. The van der Waals surface area contributed by atoms with Crippen LogP contribution >= 0.6 is 7.82 Å². The van der Waals surface area contributed by atoms with Crippen LogP contribution in [0.2, 0.25) is 0 Å². The molecule has 0 rings (SSSR count). The number of phosphoric acid groups is 1. The number of phosphoric ester groups is 1. The number of allylic oxidation sites excluding steroid dienone is 7. The van der Waals surface area contributed by atoms with Crippen molar-refractivity contribution < 1.29 is 32.9 Å². The van der Waals surface area contributed by atoms with Crippen LogP contribution in [0.5, 0.6) is 0 Å². The summed E-state index contributed by atoms with van der Waals surface area (Å²) in [4.78, 5) is 22.7. The third-order valence-electron chi connectivity index (χ3n) is 6.26. The zero-order valence-electron chi connectivity index (χ0n) is 26.5. The topological polar surface area (TPSA) is 105 Å². The van der Waals surface area contributed by atoms with Crippen LogP contribution < -0.4 is 5.32 Å². The van der Waals surface area contributed by atoms with Gasteiger partial charge in [0.15, 0.2) is 0 Å². The van der Waals surface area contributed by atoms with E-state index in [2.05, 4.69) is 55.6 Å². The fraction of sp³-hybridized carbons (Fsp3) is 0.719. The fourth-order valence-corrected chi connectivity index (χ4v) is 4.46. The Morgan fingerprint density at radius 2 is 1.41 bits per heavy atom. The van der Waals surface area contributed by atoms with E-state index in [4.69, 9.17) is 9.05 Å². The van der Waals surface area contributed by atoms with E-state index in [1.807, 2.05) is 27.2 Å². The van der Waals surface area contributed by atoms with Gasteiger partial charge in [0, 0.05) is 6.42 Å². The van der Waals surface area contributed by atoms with Gasteiger partial charge in [-0.3, -0.25) is 13.8 Å². The van der Waals surface area contributed by atoms with E-state index in [1.54, 1.807) is 6.08 Å². The van der Waals surface area contributed by atoms with Crippen LogP contribution in [0.1, 0.15) is 97.3 Å². The Bertz CT molecular complexity index is 819. The molecule has 0 heterocycles. The number of unbranched alkanes of at least 4 members (excludes halogenated alkanes) is 7. The van der Waals surface area contributed by atoms with Gasteiger partial charge in [0.05, 0.1) is 39.9 Å². The van der Waals surface area contributed by atoms with Crippen LogP contribution in [0.15, 0.2) is 48.6 Å². The highest BCUT2D eigenvalue weighted by atomic mass is 31.2. The van der Waals surface area contributed by atoms with Gasteiger partial charge < -0.3 is 19.8 Å². The monoisotopic (exact) mass is 599 g/mol. The highest BCUT2D eigenvalue weighted by molar-refractivity contribution is 7.47. The molecule has 41 heavy (non-hydrogen) atoms. The standard InChI is InChI=1S/C32H59N2O6P/c1-6-8-10-12-14-16-18-19-21-23-25-31(35)30(29-40-41(37,38)39-28-27-34(3,4)5)33-32(36)26-24-22-20-17-15-13-11-9-7-2/h8,10,16-18,20,23,25,30-31,35H,6-7,9,11-15,19,21-22,24,26-29H2,1-5H3,(H-,33,36,37,38)/p+1/b10-8+,18-16+,20-17-,25-23+. The molecule has 9 heteroatoms. The summed E-state index contributed by atoms with van der Waals surface area (Å²) in [7, 11) is 1.51. The third kappa shape index (κ3) is 27.1. The predicted octanol–water partition coefficient (Wildman–Crippen LogP) is 7.01. The molecule has 0 saturated carbocycles. The van der Waals surface area contributed by atoms with E-state index in [-0.39, 0.29) is 19.1 Å². The van der Waals surface area contributed by atoms with Gasteiger partial charge in [-0.1, -0.05) is 81.7 Å². The molecule has 0 aliphatic carbocycles. The number of aliphatic hydroxyl groups excluding tert-OH is 1. The molecule has 238 valence electrons. The first-order chi connectivity index (χ1) is 19.5. The van der Waals surface area contributed by atoms with Crippen LogP contribution in [0.3, 0.4) is 0 Å². The summed E-state index contributed by atoms with van der Waals surface area (Å²) in [5, 5.41) is 13.5. The van der Waals surface area contributed by atoms with E-state index in [1.165, 1.54) is 25.7 Å². The minimum absolute atomic E-state index is 0.0469. The van der Waals surface area contributed by atoms with Crippen LogP contribution in [-0.2, 0) is 18.4 Å². The van der Waals surface area contributed by atoms with Crippen molar-refractivity contribution >= 4 is 13.7 Å². The minimum Gasteiger partial charge on any atom is -0.387 e. The van der Waals surface area contributed by atoms with Crippen molar-refractivity contribution in [1.29, 1.82) is 0 Å². The number of hydrogen-bond acceptors (Lipinski definition) is 5. The van der Waals surface area contributed by atoms with Crippen molar-refractivity contribution in [1.82, 2.24) is 5.32 Å². The third-order valence-corrected chi connectivity index (χ3v) is 7.24. The Morgan fingerprint density at radius 1 is 0.829 bits per heavy atom. The van der Waals surface area contributed by atoms with Crippen molar-refractivity contribution in [3.05, 3.63) is 48.6 Å². The van der Waals surface area contributed by atoms with Gasteiger partial charge >= 0.3 is 7.82 Å². The molecule has 0 aromatic heterocycles. The lowest BCUT2D eigenvalue weighted by atomic mass is 10.1. The summed E-state index contributed by atoms with van der Waals surface area (Å²) >= 11 is 0. The first-order valence-corrected chi connectivity index (χ1v) is 17.0. The van der Waals surface area contributed by atoms with E-state index in [0.29, 0.717) is 23.9 Å². The Morgan fingerprint density at radius 3 is 2.02 bits per heavy atom. The number of quaternary nitrogens is 1. The molecule has 0 aliphatic heterocycles. The highest BCUT2D eigenvalue weighted by Crippen LogP contribution is 2.43. The second-order valence-corrected chi connectivity index (χ2v) is 12.9. The number of rotatable bonds is 26. The maximum atomic E-state index is 12.6. The largest absolute Gasteiger partial charge is 0.472 e. The van der Waals surface area contributed by atoms with Gasteiger partial charge in [0.25, 0.3) is 0 Å². The van der Waals surface area contributed by atoms with Crippen molar-refractivity contribution in [2.45, 2.75) is 109 Å². The fourth-order valence-electron chi connectivity index (χ4n) is 3.73. The summed E-state index contributed by atoms with van der Waals surface area (Å²) in [5.41, 5.74) is 0. The number of likely N-dealkylation sites (N-methyl/N-ethyl adjacent to an activating group) is 1. The Labute approximate surface area is 250 Å². The smallest absolute Gasteiger partial charge is 0.387 e. The van der Waals surface area contributed by atoms with Crippen LogP contribution in [0.25, 0.3) is 0 Å². The minimum atomic E-state index is -4.33. The van der Waals surface area contributed by atoms with Crippen molar-refractivity contribution in [2.24, 2.45) is 0 Å². The van der Waals surface area contributed by atoms with Crippen molar-refractivity contribution in [3.8, 4) is 0 Å². The molecule has 3 N–H and O–H groups in total. The number of carbonyl (C=O) groups excluding carboxylic acids is 1. The first-order valence-electron chi connectivity index (χ1n) is 15.5. The molecule has 0 aromatic rings. The van der Waals surface area contributed by atoms with Crippen LogP contribution in [0, 0.1) is 0 Å². The summed E-state index contributed by atoms with van der Waals surface area (Å²) < 4.78 is 23.2. The zero-order valence-corrected chi connectivity index (χ0v) is 27.4. The van der Waals surface area contributed by atoms with Gasteiger partial charge in [0.1, 0.15) is 13.2 Å². The molecular weight excluding hydrogens is 539 g/mol. The lowest BCUT2D eigenvalue weighted by Crippen LogP contribution is -2.45. The molecule has 0 fully saturated rings. The number of hydrogen-bond donors (Lipinski definition) is 3. The molecule has 0 spiro atoms. The molecule has 0 radical (unpaired) electrons. The van der Waals surface area contributed by atoms with E-state index < -0.39 is 20.0 Å². The number of nitrogens with one attached hydrogen (secondary N) is 1. The molecule has 0 bridgehead atoms. The zero-order chi connectivity index (χ0) is 30.8. The first kappa shape index (κ1) is 39.5. The lowest BCUT2D eigenvalue weighted by molar-refractivity contribution is -0.870. The molecule has 0 aromatic carbocycles.